The highest BCUT2D eigenvalue weighted by Gasteiger charge is 2.31. The van der Waals surface area contributed by atoms with Gasteiger partial charge in [0.2, 0.25) is 15.9 Å². The van der Waals surface area contributed by atoms with Gasteiger partial charge in [0.25, 0.3) is 0 Å². The second kappa shape index (κ2) is 7.20. The summed E-state index contributed by atoms with van der Waals surface area (Å²) in [5, 5.41) is 2.35. The number of carbonyl (C=O) groups is 2. The molecule has 0 radical (unpaired) electrons. The van der Waals surface area contributed by atoms with Gasteiger partial charge in [-0.3, -0.25) is 9.59 Å². The third-order valence-corrected chi connectivity index (χ3v) is 3.15. The third kappa shape index (κ3) is 6.48. The van der Waals surface area contributed by atoms with Gasteiger partial charge in [-0.2, -0.15) is 0 Å². The summed E-state index contributed by atoms with van der Waals surface area (Å²) in [4.78, 5) is 23.0. The molecule has 20 heavy (non-hydrogen) atoms. The van der Waals surface area contributed by atoms with Gasteiger partial charge in [-0.1, -0.05) is 18.7 Å². The third-order valence-electron chi connectivity index (χ3n) is 2.26. The minimum absolute atomic E-state index is 0.127. The Morgan fingerprint density at radius 1 is 1.35 bits per heavy atom. The summed E-state index contributed by atoms with van der Waals surface area (Å²) in [6, 6.07) is 0. The first-order chi connectivity index (χ1) is 9.03. The van der Waals surface area contributed by atoms with Gasteiger partial charge in [0.05, 0.1) is 18.9 Å². The molecule has 0 aromatic heterocycles. The number of hydrogen-bond acceptors (Lipinski definition) is 5. The number of esters is 1. The molecule has 0 saturated heterocycles. The maximum atomic E-state index is 12.0. The van der Waals surface area contributed by atoms with Crippen molar-refractivity contribution in [1.29, 1.82) is 0 Å². The van der Waals surface area contributed by atoms with Gasteiger partial charge in [0.1, 0.15) is 6.54 Å². The van der Waals surface area contributed by atoms with E-state index in [1.165, 1.54) is 33.1 Å². The minimum Gasteiger partial charge on any atom is -0.468 e. The van der Waals surface area contributed by atoms with Crippen molar-refractivity contribution in [1.82, 2.24) is 10.0 Å². The van der Waals surface area contributed by atoms with Crippen LogP contribution in [0.25, 0.3) is 0 Å². The van der Waals surface area contributed by atoms with Gasteiger partial charge < -0.3 is 10.1 Å². The minimum atomic E-state index is -3.51. The Balaban J connectivity index is 5.15. The Hall–Kier alpha value is -1.67. The van der Waals surface area contributed by atoms with E-state index >= 15 is 0 Å². The molecule has 114 valence electrons. The summed E-state index contributed by atoms with van der Waals surface area (Å²) < 4.78 is 29.4. The van der Waals surface area contributed by atoms with Crippen LogP contribution in [0, 0.1) is 0 Å². The molecule has 1 amide bonds. The van der Waals surface area contributed by atoms with Crippen LogP contribution in [0.4, 0.5) is 0 Å². The van der Waals surface area contributed by atoms with Gasteiger partial charge in [-0.05, 0) is 13.8 Å². The first-order valence-electron chi connectivity index (χ1n) is 5.70. The van der Waals surface area contributed by atoms with Gasteiger partial charge in [-0.15, -0.1) is 0 Å². The SMILES string of the molecule is C=C/C=C(/C(=O)NCC(=O)OC)C(C)(C)NS(C)(=O)=O. The van der Waals surface area contributed by atoms with Crippen LogP contribution in [0.15, 0.2) is 24.3 Å². The number of carbonyl (C=O) groups excluding carboxylic acids is 2. The van der Waals surface area contributed by atoms with Crippen molar-refractivity contribution in [2.24, 2.45) is 0 Å². The van der Waals surface area contributed by atoms with Crippen LogP contribution >= 0.6 is 0 Å². The average Bonchev–Trinajstić information content (AvgIpc) is 2.29. The van der Waals surface area contributed by atoms with E-state index in [4.69, 9.17) is 0 Å². The molecule has 2 N–H and O–H groups in total. The molecule has 0 aliphatic carbocycles. The van der Waals surface area contributed by atoms with Crippen LogP contribution in [-0.4, -0.2) is 45.7 Å². The van der Waals surface area contributed by atoms with Crippen molar-refractivity contribution < 1.29 is 22.7 Å². The van der Waals surface area contributed by atoms with Gasteiger partial charge in [-0.25, -0.2) is 13.1 Å². The molecule has 0 saturated carbocycles. The monoisotopic (exact) mass is 304 g/mol. The van der Waals surface area contributed by atoms with E-state index in [-0.39, 0.29) is 12.1 Å². The number of sulfonamides is 1. The van der Waals surface area contributed by atoms with Crippen molar-refractivity contribution >= 4 is 21.9 Å². The van der Waals surface area contributed by atoms with E-state index in [0.717, 1.165) is 6.26 Å². The van der Waals surface area contributed by atoms with E-state index in [9.17, 15) is 18.0 Å². The fraction of sp³-hybridized carbons (Fsp3) is 0.500. The summed E-state index contributed by atoms with van der Waals surface area (Å²) >= 11 is 0. The summed E-state index contributed by atoms with van der Waals surface area (Å²) in [5.41, 5.74) is -1.02. The van der Waals surface area contributed by atoms with Crippen molar-refractivity contribution in [3.63, 3.8) is 0 Å². The van der Waals surface area contributed by atoms with Crippen molar-refractivity contribution in [3.8, 4) is 0 Å². The number of rotatable bonds is 7. The van der Waals surface area contributed by atoms with E-state index in [1.807, 2.05) is 0 Å². The second-order valence-electron chi connectivity index (χ2n) is 4.57. The molecule has 0 heterocycles. The molecule has 0 unspecified atom stereocenters. The van der Waals surface area contributed by atoms with Crippen LogP contribution in [0.1, 0.15) is 13.8 Å². The van der Waals surface area contributed by atoms with E-state index in [2.05, 4.69) is 21.4 Å². The maximum Gasteiger partial charge on any atom is 0.325 e. The highest BCUT2D eigenvalue weighted by molar-refractivity contribution is 7.88. The number of methoxy groups -OCH3 is 1. The van der Waals surface area contributed by atoms with E-state index in [0.29, 0.717) is 0 Å². The first kappa shape index (κ1) is 18.3. The summed E-state index contributed by atoms with van der Waals surface area (Å²) in [6.07, 6.45) is 3.73. The molecule has 7 nitrogen and oxygen atoms in total. The summed E-state index contributed by atoms with van der Waals surface area (Å²) in [7, 11) is -2.31. The van der Waals surface area contributed by atoms with Crippen molar-refractivity contribution in [3.05, 3.63) is 24.3 Å². The molecule has 0 aromatic rings. The molecular formula is C12H20N2O5S. The normalized spacial score (nSPS) is 12.7. The molecule has 0 aliphatic rings. The van der Waals surface area contributed by atoms with Crippen LogP contribution in [0.2, 0.25) is 0 Å². The lowest BCUT2D eigenvalue weighted by molar-refractivity contribution is -0.140. The van der Waals surface area contributed by atoms with Crippen LogP contribution < -0.4 is 10.0 Å². The first-order valence-corrected chi connectivity index (χ1v) is 7.60. The number of allylic oxidation sites excluding steroid dienone is 2. The largest absolute Gasteiger partial charge is 0.468 e. The fourth-order valence-electron chi connectivity index (χ4n) is 1.52. The summed E-state index contributed by atoms with van der Waals surface area (Å²) in [6.45, 7) is 6.23. The Labute approximate surface area is 119 Å². The van der Waals surface area contributed by atoms with Gasteiger partial charge >= 0.3 is 5.97 Å². The molecule has 0 aliphatic heterocycles. The second-order valence-corrected chi connectivity index (χ2v) is 6.32. The van der Waals surface area contributed by atoms with Crippen molar-refractivity contribution in [2.75, 3.05) is 19.9 Å². The van der Waals surface area contributed by atoms with Crippen LogP contribution in [0.5, 0.6) is 0 Å². The van der Waals surface area contributed by atoms with E-state index in [1.54, 1.807) is 0 Å². The number of ether oxygens (including phenoxy) is 1. The zero-order valence-corrected chi connectivity index (χ0v) is 12.8. The predicted octanol–water partition coefficient (Wildman–Crippen LogP) is -0.284. The standard InChI is InChI=1S/C12H20N2O5S/c1-6-7-9(11(16)13-8-10(15)19-4)12(2,3)14-20(5,17)18/h6-7,14H,1,8H2,2-5H3,(H,13,16)/b9-7-. The Morgan fingerprint density at radius 2 is 1.90 bits per heavy atom. The van der Waals surface area contributed by atoms with E-state index < -0.39 is 27.4 Å². The number of nitrogens with one attached hydrogen (secondary N) is 2. The van der Waals surface area contributed by atoms with Gasteiger partial charge in [0.15, 0.2) is 0 Å². The lowest BCUT2D eigenvalue weighted by Crippen LogP contribution is -2.49. The smallest absolute Gasteiger partial charge is 0.325 e. The molecule has 0 bridgehead atoms. The van der Waals surface area contributed by atoms with Gasteiger partial charge in [0, 0.05) is 5.57 Å². The lowest BCUT2D eigenvalue weighted by Gasteiger charge is -2.27. The number of amides is 1. The molecule has 0 rings (SSSR count). The number of hydrogen-bond donors (Lipinski definition) is 2. The molecule has 0 atom stereocenters. The fourth-order valence-corrected chi connectivity index (χ4v) is 2.56. The molecule has 0 spiro atoms. The highest BCUT2D eigenvalue weighted by atomic mass is 32.2. The summed E-state index contributed by atoms with van der Waals surface area (Å²) in [5.74, 6) is -1.19. The molecular weight excluding hydrogens is 284 g/mol. The van der Waals surface area contributed by atoms with Crippen molar-refractivity contribution in [2.45, 2.75) is 19.4 Å². The topological polar surface area (TPSA) is 102 Å². The molecule has 0 fully saturated rings. The predicted molar refractivity (Wildman–Crippen MR) is 75.4 cm³/mol. The van der Waals surface area contributed by atoms with Crippen LogP contribution in [-0.2, 0) is 24.3 Å². The quantitative estimate of drug-likeness (QED) is 0.382. The maximum absolute atomic E-state index is 12.0. The average molecular weight is 304 g/mol. The van der Waals surface area contributed by atoms with Crippen LogP contribution in [0.3, 0.4) is 0 Å². The Bertz CT molecular complexity index is 520. The zero-order valence-electron chi connectivity index (χ0n) is 12.0. The zero-order chi connectivity index (χ0) is 16.0. The molecule has 8 heteroatoms. The molecule has 0 aromatic carbocycles. The highest BCUT2D eigenvalue weighted by Crippen LogP contribution is 2.17. The Kier molecular flexibility index (Phi) is 6.60. The Morgan fingerprint density at radius 3 is 2.30 bits per heavy atom. The lowest BCUT2D eigenvalue weighted by atomic mass is 9.94.